The number of hydrazine groups is 1. The first-order valence-corrected chi connectivity index (χ1v) is 16.0. The van der Waals surface area contributed by atoms with Crippen molar-refractivity contribution in [1.29, 1.82) is 0 Å². The van der Waals surface area contributed by atoms with Gasteiger partial charge in [0.2, 0.25) is 5.91 Å². The number of piperazine rings is 1. The third-order valence-electron chi connectivity index (χ3n) is 7.89. The first kappa shape index (κ1) is 34.1. The molecular formula is C33H43Cl2N7O3. The summed E-state index contributed by atoms with van der Waals surface area (Å²) in [5.41, 5.74) is 11.0. The molecule has 1 fully saturated rings. The smallest absolute Gasteiger partial charge is 0.227 e. The maximum atomic E-state index is 12.9. The normalized spacial score (nSPS) is 13.8. The third kappa shape index (κ3) is 8.71. The number of allylic oxidation sites excluding steroid dienone is 1. The number of anilines is 3. The molecule has 0 radical (unpaired) electrons. The zero-order chi connectivity index (χ0) is 32.3. The van der Waals surface area contributed by atoms with Crippen LogP contribution in [0.25, 0.3) is 5.70 Å². The van der Waals surface area contributed by atoms with Gasteiger partial charge in [0.15, 0.2) is 0 Å². The molecule has 0 saturated carbocycles. The Balaban J connectivity index is 1.49. The van der Waals surface area contributed by atoms with Gasteiger partial charge >= 0.3 is 0 Å². The Morgan fingerprint density at radius 1 is 1.00 bits per heavy atom. The summed E-state index contributed by atoms with van der Waals surface area (Å²) >= 11 is 13.2. The molecular weight excluding hydrogens is 613 g/mol. The van der Waals surface area contributed by atoms with E-state index in [1.54, 1.807) is 6.07 Å². The van der Waals surface area contributed by atoms with Crippen LogP contribution >= 0.6 is 23.2 Å². The molecule has 4 rings (SSSR count). The summed E-state index contributed by atoms with van der Waals surface area (Å²) in [7, 11) is 3.06. The monoisotopic (exact) mass is 655 g/mol. The fourth-order valence-electron chi connectivity index (χ4n) is 5.07. The molecule has 0 bridgehead atoms. The number of carbonyl (C=O) groups excluding carboxylic acids is 1. The molecule has 1 saturated heterocycles. The van der Waals surface area contributed by atoms with E-state index in [-0.39, 0.29) is 5.91 Å². The van der Waals surface area contributed by atoms with E-state index < -0.39 is 0 Å². The molecule has 1 aliphatic heterocycles. The van der Waals surface area contributed by atoms with Crippen LogP contribution in [0.5, 0.6) is 11.5 Å². The van der Waals surface area contributed by atoms with Gasteiger partial charge in [-0.2, -0.15) is 0 Å². The zero-order valence-corrected chi connectivity index (χ0v) is 28.2. The summed E-state index contributed by atoms with van der Waals surface area (Å²) in [5, 5.41) is 4.04. The average Bonchev–Trinajstić information content (AvgIpc) is 3.06. The summed E-state index contributed by atoms with van der Waals surface area (Å²) in [6, 6.07) is 9.54. The largest absolute Gasteiger partial charge is 0.495 e. The van der Waals surface area contributed by atoms with E-state index in [1.807, 2.05) is 36.1 Å². The second kappa shape index (κ2) is 16.5. The van der Waals surface area contributed by atoms with E-state index in [4.69, 9.17) is 32.7 Å². The summed E-state index contributed by atoms with van der Waals surface area (Å²) in [4.78, 5) is 26.3. The van der Waals surface area contributed by atoms with Gasteiger partial charge in [0.05, 0.1) is 37.7 Å². The Kier molecular flexibility index (Phi) is 12.6. The standard InChI is InChI=1S/C33H43Cl2N7O3/c1-6-8-9-10-25(39-40-32-29(34)26(44-4)20-27(45-5)30(32)35)31-22(3)33(37-21-36-31)38-24-13-11-23(12-14-24)19-28(43)42-17-15-41(7-2)16-18-42/h10-14,20-21,39-40H,6-9,15-19H2,1-5H3,(H,36,37,38)/b25-10+. The molecule has 45 heavy (non-hydrogen) atoms. The van der Waals surface area contributed by atoms with Gasteiger partial charge in [0, 0.05) is 43.5 Å². The number of methoxy groups -OCH3 is 2. The van der Waals surface area contributed by atoms with Crippen LogP contribution in [0, 0.1) is 6.92 Å². The van der Waals surface area contributed by atoms with Crippen molar-refractivity contribution in [2.75, 3.05) is 57.7 Å². The lowest BCUT2D eigenvalue weighted by Crippen LogP contribution is -2.48. The average molecular weight is 657 g/mol. The first-order chi connectivity index (χ1) is 21.8. The van der Waals surface area contributed by atoms with Crippen LogP contribution in [0.2, 0.25) is 10.0 Å². The van der Waals surface area contributed by atoms with Crippen LogP contribution in [0.1, 0.15) is 49.9 Å². The molecule has 12 heteroatoms. The molecule has 1 amide bonds. The highest BCUT2D eigenvalue weighted by atomic mass is 35.5. The van der Waals surface area contributed by atoms with E-state index >= 15 is 0 Å². The predicted molar refractivity (Wildman–Crippen MR) is 183 cm³/mol. The summed E-state index contributed by atoms with van der Waals surface area (Å²) in [6.07, 6.45) is 6.90. The number of aromatic nitrogens is 2. The number of unbranched alkanes of at least 4 members (excludes halogenated alkanes) is 2. The highest BCUT2D eigenvalue weighted by molar-refractivity contribution is 6.41. The van der Waals surface area contributed by atoms with Crippen molar-refractivity contribution < 1.29 is 14.3 Å². The van der Waals surface area contributed by atoms with Crippen LogP contribution in [0.3, 0.4) is 0 Å². The highest BCUT2D eigenvalue weighted by Gasteiger charge is 2.21. The maximum absolute atomic E-state index is 12.9. The van der Waals surface area contributed by atoms with Gasteiger partial charge in [-0.3, -0.25) is 15.6 Å². The number of nitrogens with zero attached hydrogens (tertiary/aromatic N) is 4. The van der Waals surface area contributed by atoms with Crippen molar-refractivity contribution in [2.24, 2.45) is 0 Å². The van der Waals surface area contributed by atoms with Gasteiger partial charge in [-0.25, -0.2) is 9.97 Å². The molecule has 2 aromatic carbocycles. The number of rotatable bonds is 14. The predicted octanol–water partition coefficient (Wildman–Crippen LogP) is 6.71. The second-order valence-electron chi connectivity index (χ2n) is 10.8. The Hall–Kier alpha value is -3.73. The van der Waals surface area contributed by atoms with Crippen molar-refractivity contribution in [2.45, 2.75) is 46.5 Å². The van der Waals surface area contributed by atoms with Gasteiger partial charge in [0.1, 0.15) is 33.7 Å². The van der Waals surface area contributed by atoms with Crippen LogP contribution in [0.4, 0.5) is 17.2 Å². The first-order valence-electron chi connectivity index (χ1n) is 15.3. The summed E-state index contributed by atoms with van der Waals surface area (Å²) in [5.74, 6) is 1.68. The molecule has 2 heterocycles. The molecule has 10 nitrogen and oxygen atoms in total. The quantitative estimate of drug-likeness (QED) is 0.129. The Morgan fingerprint density at radius 2 is 1.67 bits per heavy atom. The van der Waals surface area contributed by atoms with Gasteiger partial charge in [0.25, 0.3) is 0 Å². The lowest BCUT2D eigenvalue weighted by molar-refractivity contribution is -0.132. The van der Waals surface area contributed by atoms with Crippen LogP contribution < -0.4 is 25.6 Å². The Morgan fingerprint density at radius 3 is 2.27 bits per heavy atom. The van der Waals surface area contributed by atoms with Gasteiger partial charge < -0.3 is 24.6 Å². The van der Waals surface area contributed by atoms with Crippen molar-refractivity contribution in [3.05, 3.63) is 69.6 Å². The van der Waals surface area contributed by atoms with Crippen molar-refractivity contribution in [3.8, 4) is 11.5 Å². The Bertz CT molecular complexity index is 1450. The topological polar surface area (TPSA) is 104 Å². The third-order valence-corrected chi connectivity index (χ3v) is 8.64. The molecule has 1 aromatic heterocycles. The molecule has 1 aliphatic rings. The van der Waals surface area contributed by atoms with Crippen molar-refractivity contribution in [1.82, 2.24) is 25.2 Å². The molecule has 0 atom stereocenters. The number of likely N-dealkylation sites (N-methyl/N-ethyl adjacent to an activating group) is 1. The number of amides is 1. The number of ether oxygens (including phenoxy) is 2. The minimum Gasteiger partial charge on any atom is -0.495 e. The van der Waals surface area contributed by atoms with Crippen LogP contribution in [-0.2, 0) is 11.2 Å². The fourth-order valence-corrected chi connectivity index (χ4v) is 5.67. The highest BCUT2D eigenvalue weighted by Crippen LogP contribution is 2.44. The number of hydrogen-bond donors (Lipinski definition) is 3. The number of carbonyl (C=O) groups is 1. The SMILES string of the molecule is CCCC/C=C(/NNc1c(Cl)c(OC)cc(OC)c1Cl)c1ncnc(Nc2ccc(CC(=O)N3CCN(CC)CC3)cc2)c1C. The van der Waals surface area contributed by atoms with Gasteiger partial charge in [-0.15, -0.1) is 0 Å². The molecule has 3 N–H and O–H groups in total. The van der Waals surface area contributed by atoms with E-state index in [9.17, 15) is 4.79 Å². The number of benzene rings is 2. The molecule has 242 valence electrons. The fraction of sp³-hybridized carbons (Fsp3) is 0.424. The number of nitrogens with one attached hydrogen (secondary N) is 3. The molecule has 0 aliphatic carbocycles. The summed E-state index contributed by atoms with van der Waals surface area (Å²) in [6.45, 7) is 10.7. The van der Waals surface area contributed by atoms with Crippen LogP contribution in [0.15, 0.2) is 42.7 Å². The molecule has 0 unspecified atom stereocenters. The minimum absolute atomic E-state index is 0.168. The molecule has 3 aromatic rings. The van der Waals surface area contributed by atoms with Gasteiger partial charge in [-0.1, -0.05) is 61.7 Å². The van der Waals surface area contributed by atoms with Gasteiger partial charge in [-0.05, 0) is 44.0 Å². The number of halogens is 2. The van der Waals surface area contributed by atoms with E-state index in [1.165, 1.54) is 20.5 Å². The zero-order valence-electron chi connectivity index (χ0n) is 26.7. The maximum Gasteiger partial charge on any atom is 0.227 e. The second-order valence-corrected chi connectivity index (χ2v) is 11.6. The van der Waals surface area contributed by atoms with Crippen molar-refractivity contribution in [3.63, 3.8) is 0 Å². The van der Waals surface area contributed by atoms with E-state index in [2.05, 4.69) is 51.0 Å². The van der Waals surface area contributed by atoms with Crippen LogP contribution in [-0.4, -0.2) is 72.6 Å². The van der Waals surface area contributed by atoms with E-state index in [0.29, 0.717) is 45.2 Å². The minimum atomic E-state index is 0.168. The lowest BCUT2D eigenvalue weighted by Gasteiger charge is -2.34. The number of hydrogen-bond acceptors (Lipinski definition) is 9. The summed E-state index contributed by atoms with van der Waals surface area (Å²) < 4.78 is 10.8. The van der Waals surface area contributed by atoms with E-state index in [0.717, 1.165) is 74.5 Å². The Labute approximate surface area is 276 Å². The van der Waals surface area contributed by atoms with Crippen molar-refractivity contribution >= 4 is 52.0 Å². The lowest BCUT2D eigenvalue weighted by atomic mass is 10.1. The molecule has 0 spiro atoms.